The maximum atomic E-state index is 11.7. The first-order valence-corrected chi connectivity index (χ1v) is 6.77. The molecule has 0 saturated heterocycles. The van der Waals surface area contributed by atoms with Gasteiger partial charge in [0.1, 0.15) is 5.75 Å². The number of hydrogen-bond acceptors (Lipinski definition) is 3. The molecule has 102 valence electrons. The summed E-state index contributed by atoms with van der Waals surface area (Å²) in [5.74, 6) is -0.148. The average molecular weight is 261 g/mol. The van der Waals surface area contributed by atoms with Gasteiger partial charge in [-0.25, -0.2) is 0 Å². The fourth-order valence-corrected chi connectivity index (χ4v) is 3.79. The SMILES string of the molecule is COc1ccc2c(c1)C(C(=O)O)C1CCCC1N2C. The minimum Gasteiger partial charge on any atom is -0.497 e. The molecule has 1 aliphatic heterocycles. The number of methoxy groups -OCH3 is 1. The van der Waals surface area contributed by atoms with Crippen LogP contribution in [0.4, 0.5) is 5.69 Å². The van der Waals surface area contributed by atoms with Gasteiger partial charge >= 0.3 is 5.97 Å². The third-order valence-corrected chi connectivity index (χ3v) is 4.67. The molecule has 3 unspecified atom stereocenters. The number of carbonyl (C=O) groups is 1. The second kappa shape index (κ2) is 4.44. The van der Waals surface area contributed by atoms with E-state index in [0.717, 1.165) is 36.3 Å². The van der Waals surface area contributed by atoms with Crippen LogP contribution in [0.5, 0.6) is 5.75 Å². The van der Waals surface area contributed by atoms with Crippen LogP contribution >= 0.6 is 0 Å². The second-order valence-corrected chi connectivity index (χ2v) is 5.51. The van der Waals surface area contributed by atoms with Gasteiger partial charge in [0, 0.05) is 18.8 Å². The highest BCUT2D eigenvalue weighted by Crippen LogP contribution is 2.49. The van der Waals surface area contributed by atoms with Crippen molar-refractivity contribution in [2.24, 2.45) is 5.92 Å². The first-order valence-electron chi connectivity index (χ1n) is 6.77. The molecule has 0 aromatic heterocycles. The van der Waals surface area contributed by atoms with Crippen LogP contribution in [0.1, 0.15) is 30.7 Å². The van der Waals surface area contributed by atoms with Crippen molar-refractivity contribution in [2.45, 2.75) is 31.2 Å². The van der Waals surface area contributed by atoms with E-state index in [1.54, 1.807) is 7.11 Å². The third-order valence-electron chi connectivity index (χ3n) is 4.67. The number of aliphatic carboxylic acids is 1. The highest BCUT2D eigenvalue weighted by molar-refractivity contribution is 5.81. The summed E-state index contributed by atoms with van der Waals surface area (Å²) >= 11 is 0. The molecule has 3 rings (SSSR count). The summed E-state index contributed by atoms with van der Waals surface area (Å²) in [6, 6.07) is 6.14. The van der Waals surface area contributed by atoms with Crippen molar-refractivity contribution in [1.29, 1.82) is 0 Å². The van der Waals surface area contributed by atoms with E-state index in [-0.39, 0.29) is 5.92 Å². The number of rotatable bonds is 2. The summed E-state index contributed by atoms with van der Waals surface area (Å²) < 4.78 is 5.24. The summed E-state index contributed by atoms with van der Waals surface area (Å²) in [5, 5.41) is 9.62. The van der Waals surface area contributed by atoms with E-state index < -0.39 is 11.9 Å². The fraction of sp³-hybridized carbons (Fsp3) is 0.533. The first kappa shape index (κ1) is 12.3. The first-order chi connectivity index (χ1) is 9.13. The van der Waals surface area contributed by atoms with Crippen molar-refractivity contribution in [3.8, 4) is 5.75 Å². The topological polar surface area (TPSA) is 49.8 Å². The molecular formula is C15H19NO3. The Balaban J connectivity index is 2.14. The Morgan fingerprint density at radius 3 is 2.89 bits per heavy atom. The Morgan fingerprint density at radius 2 is 2.21 bits per heavy atom. The van der Waals surface area contributed by atoms with Crippen LogP contribution in [0.15, 0.2) is 18.2 Å². The number of ether oxygens (including phenoxy) is 1. The predicted octanol–water partition coefficient (Wildman–Crippen LogP) is 2.48. The molecule has 1 aliphatic carbocycles. The maximum absolute atomic E-state index is 11.7. The summed E-state index contributed by atoms with van der Waals surface area (Å²) in [7, 11) is 3.69. The zero-order chi connectivity index (χ0) is 13.6. The molecule has 4 heteroatoms. The van der Waals surface area contributed by atoms with Crippen molar-refractivity contribution in [3.05, 3.63) is 23.8 Å². The second-order valence-electron chi connectivity index (χ2n) is 5.51. The molecule has 0 amide bonds. The lowest BCUT2D eigenvalue weighted by atomic mass is 9.78. The molecule has 1 aromatic carbocycles. The van der Waals surface area contributed by atoms with Crippen molar-refractivity contribution in [3.63, 3.8) is 0 Å². The molecule has 1 aromatic rings. The number of nitrogens with zero attached hydrogens (tertiary/aromatic N) is 1. The Bertz CT molecular complexity index is 514. The lowest BCUT2D eigenvalue weighted by Crippen LogP contribution is -2.44. The molecule has 1 saturated carbocycles. The maximum Gasteiger partial charge on any atom is 0.311 e. The number of benzene rings is 1. The number of hydrogen-bond donors (Lipinski definition) is 1. The normalized spacial score (nSPS) is 28.7. The third kappa shape index (κ3) is 1.78. The van der Waals surface area contributed by atoms with Crippen molar-refractivity contribution >= 4 is 11.7 Å². The zero-order valence-corrected chi connectivity index (χ0v) is 11.3. The quantitative estimate of drug-likeness (QED) is 0.888. The van der Waals surface area contributed by atoms with Crippen molar-refractivity contribution in [1.82, 2.24) is 0 Å². The summed E-state index contributed by atoms with van der Waals surface area (Å²) in [6.07, 6.45) is 3.22. The Kier molecular flexibility index (Phi) is 2.88. The Morgan fingerprint density at radius 1 is 1.42 bits per heavy atom. The van der Waals surface area contributed by atoms with Crippen LogP contribution < -0.4 is 9.64 Å². The highest BCUT2D eigenvalue weighted by atomic mass is 16.5. The minimum atomic E-state index is -0.709. The van der Waals surface area contributed by atoms with Crippen LogP contribution in [-0.2, 0) is 4.79 Å². The monoisotopic (exact) mass is 261 g/mol. The minimum absolute atomic E-state index is 0.224. The summed E-state index contributed by atoms with van der Waals surface area (Å²) in [5.41, 5.74) is 1.94. The average Bonchev–Trinajstić information content (AvgIpc) is 2.87. The molecule has 1 N–H and O–H groups in total. The van der Waals surface area contributed by atoms with Gasteiger partial charge in [0.25, 0.3) is 0 Å². The largest absolute Gasteiger partial charge is 0.497 e. The van der Waals surface area contributed by atoms with Crippen LogP contribution in [0.2, 0.25) is 0 Å². The van der Waals surface area contributed by atoms with Gasteiger partial charge in [-0.3, -0.25) is 4.79 Å². The molecule has 0 bridgehead atoms. The number of fused-ring (bicyclic) bond motifs is 2. The van der Waals surface area contributed by atoms with Crippen LogP contribution in [0.3, 0.4) is 0 Å². The lowest BCUT2D eigenvalue weighted by Gasteiger charge is -2.41. The predicted molar refractivity (Wildman–Crippen MR) is 72.9 cm³/mol. The number of carboxylic acid groups (broad SMARTS) is 1. The van der Waals surface area contributed by atoms with Crippen LogP contribution in [-0.4, -0.2) is 31.3 Å². The number of anilines is 1. The van der Waals surface area contributed by atoms with E-state index >= 15 is 0 Å². The van der Waals surface area contributed by atoms with Crippen molar-refractivity contribution in [2.75, 3.05) is 19.1 Å². The molecule has 19 heavy (non-hydrogen) atoms. The van der Waals surface area contributed by atoms with Crippen LogP contribution in [0, 0.1) is 5.92 Å². The summed E-state index contributed by atoms with van der Waals surface area (Å²) in [4.78, 5) is 14.0. The van der Waals surface area contributed by atoms with E-state index in [9.17, 15) is 9.90 Å². The molecule has 1 heterocycles. The Hall–Kier alpha value is -1.71. The van der Waals surface area contributed by atoms with Gasteiger partial charge < -0.3 is 14.7 Å². The molecule has 4 nitrogen and oxygen atoms in total. The standard InChI is InChI=1S/C15H19NO3/c1-16-12-5-3-4-10(12)14(15(17)18)11-8-9(19-2)6-7-13(11)16/h6-8,10,12,14H,3-5H2,1-2H3,(H,17,18). The van der Waals surface area contributed by atoms with Gasteiger partial charge in [-0.2, -0.15) is 0 Å². The van der Waals surface area contributed by atoms with Gasteiger partial charge in [0.15, 0.2) is 0 Å². The van der Waals surface area contributed by atoms with E-state index in [1.165, 1.54) is 0 Å². The van der Waals surface area contributed by atoms with Crippen LogP contribution in [0.25, 0.3) is 0 Å². The zero-order valence-electron chi connectivity index (χ0n) is 11.3. The van der Waals surface area contributed by atoms with Crippen molar-refractivity contribution < 1.29 is 14.6 Å². The van der Waals surface area contributed by atoms with Gasteiger partial charge in [0.05, 0.1) is 13.0 Å². The highest BCUT2D eigenvalue weighted by Gasteiger charge is 2.45. The smallest absolute Gasteiger partial charge is 0.311 e. The van der Waals surface area contributed by atoms with E-state index in [4.69, 9.17) is 4.74 Å². The summed E-state index contributed by atoms with van der Waals surface area (Å²) in [6.45, 7) is 0. The molecule has 0 spiro atoms. The molecule has 2 aliphatic rings. The molecule has 1 fully saturated rings. The van der Waals surface area contributed by atoms with Gasteiger partial charge in [-0.15, -0.1) is 0 Å². The fourth-order valence-electron chi connectivity index (χ4n) is 3.79. The van der Waals surface area contributed by atoms with Gasteiger partial charge in [-0.1, -0.05) is 6.42 Å². The number of carboxylic acids is 1. The van der Waals surface area contributed by atoms with Gasteiger partial charge in [0.2, 0.25) is 0 Å². The van der Waals surface area contributed by atoms with E-state index in [1.807, 2.05) is 18.2 Å². The molecule has 3 atom stereocenters. The van der Waals surface area contributed by atoms with E-state index in [2.05, 4.69) is 11.9 Å². The Labute approximate surface area is 113 Å². The van der Waals surface area contributed by atoms with E-state index in [0.29, 0.717) is 6.04 Å². The molecular weight excluding hydrogens is 242 g/mol. The molecule has 0 radical (unpaired) electrons. The van der Waals surface area contributed by atoms with Gasteiger partial charge in [-0.05, 0) is 42.5 Å². The lowest BCUT2D eigenvalue weighted by molar-refractivity contribution is -0.140.